The molecule has 1 aromatic heterocycles. The van der Waals surface area contributed by atoms with Crippen molar-refractivity contribution < 1.29 is 26.7 Å². The predicted octanol–water partition coefficient (Wildman–Crippen LogP) is 4.16. The quantitative estimate of drug-likeness (QED) is 0.307. The Morgan fingerprint density at radius 3 is 2.00 bits per heavy atom. The van der Waals surface area contributed by atoms with Crippen molar-refractivity contribution in [3.05, 3.63) is 76.9 Å². The molecule has 0 unspecified atom stereocenters. The van der Waals surface area contributed by atoms with Crippen molar-refractivity contribution in [2.24, 2.45) is 0 Å². The zero-order chi connectivity index (χ0) is 16.7. The van der Waals surface area contributed by atoms with Crippen LogP contribution in [-0.4, -0.2) is 10.8 Å². The molecule has 3 rings (SSSR count). The maximum atomic E-state index is 13.8. The number of benzene rings is 2. The Kier molecular flexibility index (Phi) is 3.55. The lowest BCUT2D eigenvalue weighted by Crippen LogP contribution is -2.14. The molecule has 0 atom stereocenters. The molecule has 0 aliphatic carbocycles. The number of hydrogen-bond donors (Lipinski definition) is 0. The molecule has 0 aliphatic heterocycles. The summed E-state index contributed by atoms with van der Waals surface area (Å²) in [5.41, 5.74) is -1.76. The Morgan fingerprint density at radius 2 is 1.35 bits per heavy atom. The average Bonchev–Trinajstić information content (AvgIpc) is 2.57. The highest BCUT2D eigenvalue weighted by Gasteiger charge is 2.30. The fourth-order valence-corrected chi connectivity index (χ4v) is 2.24. The molecule has 0 saturated heterocycles. The summed E-state index contributed by atoms with van der Waals surface area (Å²) in [5.74, 6) is -12.3. The summed E-state index contributed by atoms with van der Waals surface area (Å²) in [4.78, 5) is 16.1. The molecule has 1 heterocycles. The first-order valence-corrected chi connectivity index (χ1v) is 6.32. The molecule has 3 aromatic rings. The van der Waals surface area contributed by atoms with Gasteiger partial charge in [-0.2, -0.15) is 0 Å². The molecule has 2 nitrogen and oxygen atoms in total. The minimum absolute atomic E-state index is 0.258. The van der Waals surface area contributed by atoms with Gasteiger partial charge in [0.1, 0.15) is 5.56 Å². The molecule has 0 N–H and O–H groups in total. The first kappa shape index (κ1) is 15.1. The molecule has 0 amide bonds. The van der Waals surface area contributed by atoms with Gasteiger partial charge in [-0.25, -0.2) is 22.0 Å². The van der Waals surface area contributed by atoms with Gasteiger partial charge in [-0.15, -0.1) is 0 Å². The summed E-state index contributed by atoms with van der Waals surface area (Å²) >= 11 is 0. The van der Waals surface area contributed by atoms with Gasteiger partial charge in [-0.3, -0.25) is 9.78 Å². The fourth-order valence-electron chi connectivity index (χ4n) is 2.24. The zero-order valence-corrected chi connectivity index (χ0v) is 11.2. The highest BCUT2D eigenvalue weighted by atomic mass is 19.2. The van der Waals surface area contributed by atoms with Gasteiger partial charge >= 0.3 is 0 Å². The summed E-state index contributed by atoms with van der Waals surface area (Å²) in [6.07, 6.45) is 2.42. The van der Waals surface area contributed by atoms with Crippen LogP contribution in [0.1, 0.15) is 15.9 Å². The summed E-state index contributed by atoms with van der Waals surface area (Å²) in [6, 6.07) is 6.29. The van der Waals surface area contributed by atoms with E-state index in [4.69, 9.17) is 0 Å². The Balaban J connectivity index is 2.29. The van der Waals surface area contributed by atoms with Crippen LogP contribution in [0.3, 0.4) is 0 Å². The van der Waals surface area contributed by atoms with Gasteiger partial charge in [0.15, 0.2) is 23.3 Å². The number of pyridine rings is 1. The van der Waals surface area contributed by atoms with Crippen molar-refractivity contribution in [1.82, 2.24) is 4.98 Å². The number of fused-ring (bicyclic) bond motifs is 1. The molecule has 7 heteroatoms. The van der Waals surface area contributed by atoms with Crippen molar-refractivity contribution in [3.63, 3.8) is 0 Å². The van der Waals surface area contributed by atoms with Gasteiger partial charge in [-0.1, -0.05) is 24.3 Å². The summed E-state index contributed by atoms with van der Waals surface area (Å²) in [6.45, 7) is 0. The molecule has 0 aliphatic rings. The van der Waals surface area contributed by atoms with Crippen LogP contribution in [0.5, 0.6) is 0 Å². The van der Waals surface area contributed by atoms with E-state index in [1.807, 2.05) is 0 Å². The number of rotatable bonds is 2. The van der Waals surface area contributed by atoms with Gasteiger partial charge in [0, 0.05) is 23.3 Å². The number of aromatic nitrogens is 1. The van der Waals surface area contributed by atoms with Crippen LogP contribution >= 0.6 is 0 Å². The van der Waals surface area contributed by atoms with Gasteiger partial charge in [-0.05, 0) is 5.39 Å². The Hall–Kier alpha value is -2.83. The second kappa shape index (κ2) is 5.42. The largest absolute Gasteiger partial charge is 0.288 e. The molecule has 2 aromatic carbocycles. The number of hydrogen-bond acceptors (Lipinski definition) is 2. The van der Waals surface area contributed by atoms with E-state index < -0.39 is 40.4 Å². The topological polar surface area (TPSA) is 30.0 Å². The van der Waals surface area contributed by atoms with E-state index in [2.05, 4.69) is 4.98 Å². The normalized spacial score (nSPS) is 11.0. The molecule has 0 radical (unpaired) electrons. The first-order valence-electron chi connectivity index (χ1n) is 6.32. The van der Waals surface area contributed by atoms with Crippen molar-refractivity contribution in [2.45, 2.75) is 0 Å². The van der Waals surface area contributed by atoms with Crippen LogP contribution in [0.25, 0.3) is 10.8 Å². The molecule has 0 fully saturated rings. The van der Waals surface area contributed by atoms with E-state index in [0.717, 1.165) is 6.20 Å². The molecule has 0 bridgehead atoms. The highest BCUT2D eigenvalue weighted by Crippen LogP contribution is 2.27. The first-order chi connectivity index (χ1) is 10.9. The number of halogens is 5. The zero-order valence-electron chi connectivity index (χ0n) is 11.2. The Morgan fingerprint density at radius 1 is 0.783 bits per heavy atom. The van der Waals surface area contributed by atoms with Crippen molar-refractivity contribution >= 4 is 16.6 Å². The monoisotopic (exact) mass is 323 g/mol. The number of nitrogens with zero attached hydrogens (tertiary/aromatic N) is 1. The van der Waals surface area contributed by atoms with E-state index >= 15 is 0 Å². The fraction of sp³-hybridized carbons (Fsp3) is 0. The number of ketones is 1. The molecular weight excluding hydrogens is 317 g/mol. The lowest BCUT2D eigenvalue weighted by atomic mass is 9.98. The van der Waals surface area contributed by atoms with Gasteiger partial charge in [0.25, 0.3) is 0 Å². The van der Waals surface area contributed by atoms with E-state index in [1.54, 1.807) is 18.2 Å². The minimum Gasteiger partial charge on any atom is -0.288 e. The van der Waals surface area contributed by atoms with Crippen molar-refractivity contribution in [3.8, 4) is 0 Å². The number of carbonyl (C=O) groups is 1. The van der Waals surface area contributed by atoms with Gasteiger partial charge in [0.2, 0.25) is 11.6 Å². The van der Waals surface area contributed by atoms with Crippen LogP contribution < -0.4 is 0 Å². The van der Waals surface area contributed by atoms with E-state index in [-0.39, 0.29) is 10.9 Å². The molecule has 0 spiro atoms. The smallest absolute Gasteiger partial charge is 0.201 e. The maximum Gasteiger partial charge on any atom is 0.201 e. The van der Waals surface area contributed by atoms with Crippen molar-refractivity contribution in [2.75, 3.05) is 0 Å². The van der Waals surface area contributed by atoms with Crippen LogP contribution in [0, 0.1) is 29.1 Å². The van der Waals surface area contributed by atoms with Crippen LogP contribution in [0.4, 0.5) is 22.0 Å². The summed E-state index contributed by atoms with van der Waals surface area (Å²) < 4.78 is 67.1. The van der Waals surface area contributed by atoms with Crippen LogP contribution in [0.15, 0.2) is 36.7 Å². The van der Waals surface area contributed by atoms with E-state index in [0.29, 0.717) is 5.39 Å². The summed E-state index contributed by atoms with van der Waals surface area (Å²) in [7, 11) is 0. The lowest BCUT2D eigenvalue weighted by molar-refractivity contribution is 0.102. The van der Waals surface area contributed by atoms with Crippen molar-refractivity contribution in [1.29, 1.82) is 0 Å². The standard InChI is InChI=1S/C16H6F5NO/c17-11-10(12(18)14(20)15(21)13(11)19)16(23)9-6-22-5-7-3-1-2-4-8(7)9/h1-6H. The van der Waals surface area contributed by atoms with E-state index in [9.17, 15) is 26.7 Å². The Labute approximate surface area is 126 Å². The molecule has 23 heavy (non-hydrogen) atoms. The summed E-state index contributed by atoms with van der Waals surface area (Å²) in [5, 5.41) is 0.777. The maximum absolute atomic E-state index is 13.8. The van der Waals surface area contributed by atoms with Gasteiger partial charge in [0.05, 0.1) is 0 Å². The second-order valence-corrected chi connectivity index (χ2v) is 4.68. The van der Waals surface area contributed by atoms with Gasteiger partial charge < -0.3 is 0 Å². The SMILES string of the molecule is O=C(c1c(F)c(F)c(F)c(F)c1F)c1cncc2ccccc12. The second-order valence-electron chi connectivity index (χ2n) is 4.68. The lowest BCUT2D eigenvalue weighted by Gasteiger charge is -2.09. The Bertz CT molecular complexity index is 920. The molecular formula is C16H6F5NO. The third-order valence-electron chi connectivity index (χ3n) is 3.35. The predicted molar refractivity (Wildman–Crippen MR) is 71.4 cm³/mol. The third-order valence-corrected chi connectivity index (χ3v) is 3.35. The number of carbonyl (C=O) groups excluding carboxylic acids is 1. The third kappa shape index (κ3) is 2.25. The van der Waals surface area contributed by atoms with Crippen LogP contribution in [-0.2, 0) is 0 Å². The van der Waals surface area contributed by atoms with Crippen LogP contribution in [0.2, 0.25) is 0 Å². The minimum atomic E-state index is -2.31. The molecule has 0 saturated carbocycles. The highest BCUT2D eigenvalue weighted by molar-refractivity contribution is 6.16. The van der Waals surface area contributed by atoms with E-state index in [1.165, 1.54) is 12.3 Å². The average molecular weight is 323 g/mol. The molecule has 116 valence electrons.